The van der Waals surface area contributed by atoms with E-state index in [1.165, 1.54) is 19.3 Å². The molecule has 0 aromatic heterocycles. The molecule has 1 aliphatic carbocycles. The third-order valence-corrected chi connectivity index (χ3v) is 3.77. The van der Waals surface area contributed by atoms with Crippen molar-refractivity contribution in [3.8, 4) is 0 Å². The minimum atomic E-state index is 0.634. The summed E-state index contributed by atoms with van der Waals surface area (Å²) in [7, 11) is 1.78. The number of nitrogens with two attached hydrogens (primary N) is 1. The Morgan fingerprint density at radius 2 is 2.06 bits per heavy atom. The molecular weight excluding hydrogens is 200 g/mol. The summed E-state index contributed by atoms with van der Waals surface area (Å²) in [6.07, 6.45) is 5.15. The van der Waals surface area contributed by atoms with Crippen LogP contribution in [-0.4, -0.2) is 43.8 Å². The standard InChI is InChI=1S/C13H28N2O/c1-11(5-4-8-14)15(9-10-16-3)12(2)13-6-7-13/h11-13H,4-10,14H2,1-3H3. The summed E-state index contributed by atoms with van der Waals surface area (Å²) in [6.45, 7) is 7.39. The summed E-state index contributed by atoms with van der Waals surface area (Å²) in [6, 6.07) is 1.34. The van der Waals surface area contributed by atoms with Crippen LogP contribution >= 0.6 is 0 Å². The lowest BCUT2D eigenvalue weighted by atomic mass is 10.1. The minimum Gasteiger partial charge on any atom is -0.383 e. The fraction of sp³-hybridized carbons (Fsp3) is 1.00. The van der Waals surface area contributed by atoms with Crippen molar-refractivity contribution in [1.29, 1.82) is 0 Å². The predicted molar refractivity (Wildman–Crippen MR) is 68.5 cm³/mol. The molecule has 1 aliphatic rings. The average Bonchev–Trinajstić information content (AvgIpc) is 3.10. The highest BCUT2D eigenvalue weighted by Gasteiger charge is 2.33. The monoisotopic (exact) mass is 228 g/mol. The number of ether oxygens (including phenoxy) is 1. The Morgan fingerprint density at radius 1 is 1.38 bits per heavy atom. The second-order valence-electron chi connectivity index (χ2n) is 5.09. The van der Waals surface area contributed by atoms with Crippen LogP contribution in [0.1, 0.15) is 39.5 Å². The third-order valence-electron chi connectivity index (χ3n) is 3.77. The van der Waals surface area contributed by atoms with Crippen LogP contribution in [0, 0.1) is 5.92 Å². The normalized spacial score (nSPS) is 20.1. The second kappa shape index (κ2) is 7.25. The molecule has 0 heterocycles. The van der Waals surface area contributed by atoms with Gasteiger partial charge in [0.15, 0.2) is 0 Å². The van der Waals surface area contributed by atoms with Gasteiger partial charge in [-0.3, -0.25) is 4.90 Å². The fourth-order valence-electron chi connectivity index (χ4n) is 2.45. The summed E-state index contributed by atoms with van der Waals surface area (Å²) in [5.74, 6) is 0.928. The van der Waals surface area contributed by atoms with Crippen LogP contribution in [0.4, 0.5) is 0 Å². The zero-order valence-corrected chi connectivity index (χ0v) is 11.1. The molecule has 0 spiro atoms. The Labute approximate surface area is 100 Å². The van der Waals surface area contributed by atoms with Gasteiger partial charge in [-0.15, -0.1) is 0 Å². The number of methoxy groups -OCH3 is 1. The van der Waals surface area contributed by atoms with Gasteiger partial charge in [0.1, 0.15) is 0 Å². The summed E-state index contributed by atoms with van der Waals surface area (Å²) < 4.78 is 5.21. The molecule has 0 bridgehead atoms. The molecule has 0 saturated heterocycles. The van der Waals surface area contributed by atoms with Gasteiger partial charge in [0.05, 0.1) is 6.61 Å². The van der Waals surface area contributed by atoms with Gasteiger partial charge in [0.2, 0.25) is 0 Å². The first-order chi connectivity index (χ1) is 7.70. The predicted octanol–water partition coefficient (Wildman–Crippen LogP) is 1.86. The van der Waals surface area contributed by atoms with Gasteiger partial charge in [-0.1, -0.05) is 0 Å². The molecule has 0 amide bonds. The lowest BCUT2D eigenvalue weighted by Gasteiger charge is -2.34. The summed E-state index contributed by atoms with van der Waals surface area (Å²) >= 11 is 0. The van der Waals surface area contributed by atoms with Crippen molar-refractivity contribution in [2.75, 3.05) is 26.8 Å². The van der Waals surface area contributed by atoms with Gasteiger partial charge < -0.3 is 10.5 Å². The molecule has 2 N–H and O–H groups in total. The van der Waals surface area contributed by atoms with E-state index in [4.69, 9.17) is 10.5 Å². The van der Waals surface area contributed by atoms with Crippen molar-refractivity contribution in [2.24, 2.45) is 11.7 Å². The minimum absolute atomic E-state index is 0.634. The van der Waals surface area contributed by atoms with Gasteiger partial charge in [-0.25, -0.2) is 0 Å². The van der Waals surface area contributed by atoms with Crippen LogP contribution in [0.5, 0.6) is 0 Å². The van der Waals surface area contributed by atoms with Crippen molar-refractivity contribution >= 4 is 0 Å². The van der Waals surface area contributed by atoms with Gasteiger partial charge in [-0.2, -0.15) is 0 Å². The van der Waals surface area contributed by atoms with Crippen LogP contribution < -0.4 is 5.73 Å². The maximum absolute atomic E-state index is 5.58. The Morgan fingerprint density at radius 3 is 2.56 bits per heavy atom. The maximum Gasteiger partial charge on any atom is 0.0589 e. The number of hydrogen-bond donors (Lipinski definition) is 1. The molecule has 96 valence electrons. The molecule has 0 aromatic rings. The third kappa shape index (κ3) is 4.40. The molecule has 0 aliphatic heterocycles. The smallest absolute Gasteiger partial charge is 0.0589 e. The molecule has 0 radical (unpaired) electrons. The van der Waals surface area contributed by atoms with E-state index >= 15 is 0 Å². The zero-order valence-electron chi connectivity index (χ0n) is 11.1. The second-order valence-corrected chi connectivity index (χ2v) is 5.09. The SMILES string of the molecule is COCCN(C(C)CCCN)C(C)C1CC1. The van der Waals surface area contributed by atoms with Gasteiger partial charge in [-0.05, 0) is 52.0 Å². The highest BCUT2D eigenvalue weighted by Crippen LogP contribution is 2.36. The highest BCUT2D eigenvalue weighted by molar-refractivity contribution is 4.87. The zero-order chi connectivity index (χ0) is 12.0. The highest BCUT2D eigenvalue weighted by atomic mass is 16.5. The first-order valence-corrected chi connectivity index (χ1v) is 6.65. The van der Waals surface area contributed by atoms with Gasteiger partial charge >= 0.3 is 0 Å². The van der Waals surface area contributed by atoms with E-state index < -0.39 is 0 Å². The number of rotatable bonds is 9. The van der Waals surface area contributed by atoms with Gasteiger partial charge in [0.25, 0.3) is 0 Å². The molecule has 0 aromatic carbocycles. The summed E-state index contributed by atoms with van der Waals surface area (Å²) in [4.78, 5) is 2.61. The van der Waals surface area contributed by atoms with Crippen LogP contribution in [0.2, 0.25) is 0 Å². The molecule has 1 fully saturated rings. The van der Waals surface area contributed by atoms with Gasteiger partial charge in [0, 0.05) is 25.7 Å². The molecule has 3 heteroatoms. The van der Waals surface area contributed by atoms with Crippen LogP contribution in [-0.2, 0) is 4.74 Å². The van der Waals surface area contributed by atoms with E-state index in [0.717, 1.165) is 32.0 Å². The molecule has 2 atom stereocenters. The first kappa shape index (κ1) is 13.9. The van der Waals surface area contributed by atoms with E-state index in [0.29, 0.717) is 12.1 Å². The molecule has 1 rings (SSSR count). The lowest BCUT2D eigenvalue weighted by Crippen LogP contribution is -2.43. The fourth-order valence-corrected chi connectivity index (χ4v) is 2.45. The molecule has 3 nitrogen and oxygen atoms in total. The van der Waals surface area contributed by atoms with Crippen LogP contribution in [0.15, 0.2) is 0 Å². The Kier molecular flexibility index (Phi) is 6.32. The van der Waals surface area contributed by atoms with Crippen molar-refractivity contribution < 1.29 is 4.74 Å². The first-order valence-electron chi connectivity index (χ1n) is 6.65. The van der Waals surface area contributed by atoms with Crippen LogP contribution in [0.3, 0.4) is 0 Å². The number of hydrogen-bond acceptors (Lipinski definition) is 3. The van der Waals surface area contributed by atoms with E-state index in [9.17, 15) is 0 Å². The summed E-state index contributed by atoms with van der Waals surface area (Å²) in [5.41, 5.74) is 5.58. The molecular formula is C13H28N2O. The maximum atomic E-state index is 5.58. The molecule has 16 heavy (non-hydrogen) atoms. The van der Waals surface area contributed by atoms with E-state index in [1.54, 1.807) is 7.11 Å². The van der Waals surface area contributed by atoms with Crippen molar-refractivity contribution in [3.63, 3.8) is 0 Å². The topological polar surface area (TPSA) is 38.5 Å². The lowest BCUT2D eigenvalue weighted by molar-refractivity contribution is 0.0835. The Balaban J connectivity index is 2.40. The average molecular weight is 228 g/mol. The van der Waals surface area contributed by atoms with Crippen LogP contribution in [0.25, 0.3) is 0 Å². The number of nitrogens with zero attached hydrogens (tertiary/aromatic N) is 1. The van der Waals surface area contributed by atoms with Crippen molar-refractivity contribution in [1.82, 2.24) is 4.90 Å². The largest absolute Gasteiger partial charge is 0.383 e. The summed E-state index contributed by atoms with van der Waals surface area (Å²) in [5, 5.41) is 0. The van der Waals surface area contributed by atoms with E-state index in [1.807, 2.05) is 0 Å². The Hall–Kier alpha value is -0.120. The van der Waals surface area contributed by atoms with Crippen molar-refractivity contribution in [2.45, 2.75) is 51.6 Å². The Bertz CT molecular complexity index is 183. The molecule has 2 unspecified atom stereocenters. The van der Waals surface area contributed by atoms with E-state index in [2.05, 4.69) is 18.7 Å². The van der Waals surface area contributed by atoms with Crippen molar-refractivity contribution in [3.05, 3.63) is 0 Å². The molecule has 1 saturated carbocycles. The quantitative estimate of drug-likeness (QED) is 0.654. The van der Waals surface area contributed by atoms with E-state index in [-0.39, 0.29) is 0 Å².